The quantitative estimate of drug-likeness (QED) is 0.791. The van der Waals surface area contributed by atoms with Crippen molar-refractivity contribution in [1.82, 2.24) is 9.88 Å². The van der Waals surface area contributed by atoms with Gasteiger partial charge in [0.1, 0.15) is 5.69 Å². The number of H-pyrrole nitrogens is 1. The monoisotopic (exact) mass is 221 g/mol. The topological polar surface area (TPSA) is 45.3 Å². The number of likely N-dealkylation sites (tertiary alicyclic amines) is 1. The molecule has 2 heterocycles. The average Bonchev–Trinajstić information content (AvgIpc) is 2.78. The molecule has 1 radical (unpaired) electrons. The van der Waals surface area contributed by atoms with Crippen molar-refractivity contribution in [3.63, 3.8) is 0 Å². The van der Waals surface area contributed by atoms with Crippen molar-refractivity contribution in [3.05, 3.63) is 30.1 Å². The number of carbonyl (C=O) groups is 1. The van der Waals surface area contributed by atoms with Crippen molar-refractivity contribution < 1.29 is 9.53 Å². The van der Waals surface area contributed by atoms with Crippen molar-refractivity contribution in [2.45, 2.75) is 19.3 Å². The van der Waals surface area contributed by atoms with Gasteiger partial charge in [0.25, 0.3) is 0 Å². The van der Waals surface area contributed by atoms with Gasteiger partial charge < -0.3 is 9.72 Å². The third-order valence-corrected chi connectivity index (χ3v) is 2.83. The van der Waals surface area contributed by atoms with Gasteiger partial charge in [-0.2, -0.15) is 0 Å². The summed E-state index contributed by atoms with van der Waals surface area (Å²) in [4.78, 5) is 16.5. The van der Waals surface area contributed by atoms with E-state index in [0.717, 1.165) is 18.7 Å². The molecule has 1 fully saturated rings. The number of ether oxygens (including phenoxy) is 1. The predicted molar refractivity (Wildman–Crippen MR) is 61.0 cm³/mol. The van der Waals surface area contributed by atoms with E-state index < -0.39 is 0 Å². The van der Waals surface area contributed by atoms with Gasteiger partial charge in [-0.15, -0.1) is 0 Å². The Labute approximate surface area is 95.6 Å². The van der Waals surface area contributed by atoms with E-state index in [0.29, 0.717) is 5.69 Å². The zero-order valence-electron chi connectivity index (χ0n) is 9.53. The van der Waals surface area contributed by atoms with E-state index >= 15 is 0 Å². The smallest absolute Gasteiger partial charge is 0.354 e. The van der Waals surface area contributed by atoms with E-state index in [1.165, 1.54) is 26.4 Å². The fraction of sp³-hybridized carbons (Fsp3) is 0.500. The number of piperidine rings is 1. The van der Waals surface area contributed by atoms with E-state index in [1.54, 1.807) is 0 Å². The van der Waals surface area contributed by atoms with Crippen LogP contribution < -0.4 is 0 Å². The highest BCUT2D eigenvalue weighted by Gasteiger charge is 2.13. The first-order chi connectivity index (χ1) is 7.79. The van der Waals surface area contributed by atoms with Crippen molar-refractivity contribution in [3.8, 4) is 0 Å². The van der Waals surface area contributed by atoms with Gasteiger partial charge in [-0.3, -0.25) is 4.90 Å². The van der Waals surface area contributed by atoms with Gasteiger partial charge in [-0.25, -0.2) is 4.79 Å². The summed E-state index contributed by atoms with van der Waals surface area (Å²) < 4.78 is 4.64. The molecule has 1 aliphatic rings. The summed E-state index contributed by atoms with van der Waals surface area (Å²) in [6, 6.07) is 1.82. The normalized spacial score (nSPS) is 17.3. The Bertz CT molecular complexity index is 354. The second kappa shape index (κ2) is 5.16. The molecule has 16 heavy (non-hydrogen) atoms. The Hall–Kier alpha value is -1.29. The highest BCUT2D eigenvalue weighted by atomic mass is 16.5. The number of hydrogen-bond acceptors (Lipinski definition) is 3. The van der Waals surface area contributed by atoms with Crippen molar-refractivity contribution in [1.29, 1.82) is 0 Å². The van der Waals surface area contributed by atoms with Gasteiger partial charge >= 0.3 is 5.97 Å². The van der Waals surface area contributed by atoms with Gasteiger partial charge in [-0.05, 0) is 37.6 Å². The van der Waals surface area contributed by atoms with Crippen LogP contribution in [0.2, 0.25) is 0 Å². The molecule has 1 aromatic rings. The fourth-order valence-electron chi connectivity index (χ4n) is 1.97. The molecule has 4 heteroatoms. The molecular formula is C12H17N2O2. The van der Waals surface area contributed by atoms with Gasteiger partial charge in [0.05, 0.1) is 13.7 Å². The Morgan fingerprint density at radius 2 is 2.19 bits per heavy atom. The maximum Gasteiger partial charge on any atom is 0.354 e. The first kappa shape index (κ1) is 11.2. The summed E-state index contributed by atoms with van der Waals surface area (Å²) >= 11 is 0. The summed E-state index contributed by atoms with van der Waals surface area (Å²) in [5, 5.41) is 0. The summed E-state index contributed by atoms with van der Waals surface area (Å²) in [6.45, 7) is 4.32. The van der Waals surface area contributed by atoms with Gasteiger partial charge in [0.2, 0.25) is 0 Å². The van der Waals surface area contributed by atoms with Crippen molar-refractivity contribution in [2.24, 2.45) is 0 Å². The molecular weight excluding hydrogens is 204 g/mol. The van der Waals surface area contributed by atoms with Crippen LogP contribution in [0.1, 0.15) is 35.3 Å². The molecule has 0 amide bonds. The number of nitrogens with one attached hydrogen (secondary N) is 1. The molecule has 0 bridgehead atoms. The van der Waals surface area contributed by atoms with Gasteiger partial charge in [0, 0.05) is 6.20 Å². The van der Waals surface area contributed by atoms with E-state index in [1.807, 2.05) is 12.3 Å². The van der Waals surface area contributed by atoms with Crippen molar-refractivity contribution >= 4 is 5.97 Å². The maximum absolute atomic E-state index is 11.2. The zero-order chi connectivity index (χ0) is 11.4. The molecule has 0 aliphatic carbocycles. The third-order valence-electron chi connectivity index (χ3n) is 2.83. The maximum atomic E-state index is 11.2. The average molecular weight is 221 g/mol. The lowest BCUT2D eigenvalue weighted by Gasteiger charge is -2.25. The Morgan fingerprint density at radius 3 is 2.88 bits per heavy atom. The van der Waals surface area contributed by atoms with Crippen LogP contribution in [0.25, 0.3) is 0 Å². The molecule has 0 saturated carbocycles. The molecule has 1 aliphatic heterocycles. The zero-order valence-corrected chi connectivity index (χ0v) is 9.53. The summed E-state index contributed by atoms with van der Waals surface area (Å²) in [6.07, 6.45) is 5.67. The van der Waals surface area contributed by atoms with Crippen LogP contribution in [0, 0.1) is 6.54 Å². The number of esters is 1. The Kier molecular flexibility index (Phi) is 3.62. The lowest BCUT2D eigenvalue weighted by molar-refractivity contribution is 0.0595. The molecule has 1 aromatic heterocycles. The number of hydrogen-bond donors (Lipinski definition) is 1. The Morgan fingerprint density at radius 1 is 1.44 bits per heavy atom. The first-order valence-electron chi connectivity index (χ1n) is 5.65. The lowest BCUT2D eigenvalue weighted by atomic mass is 10.1. The summed E-state index contributed by atoms with van der Waals surface area (Å²) in [5.41, 5.74) is 1.54. The predicted octanol–water partition coefficient (Wildman–Crippen LogP) is 1.80. The first-order valence-corrected chi connectivity index (χ1v) is 5.65. The third kappa shape index (κ3) is 2.64. The van der Waals surface area contributed by atoms with Crippen LogP contribution in [-0.4, -0.2) is 36.1 Å². The highest BCUT2D eigenvalue weighted by Crippen LogP contribution is 2.15. The van der Waals surface area contributed by atoms with Crippen molar-refractivity contribution in [2.75, 3.05) is 20.2 Å². The van der Waals surface area contributed by atoms with Crippen LogP contribution in [0.3, 0.4) is 0 Å². The lowest BCUT2D eigenvalue weighted by Crippen LogP contribution is -2.27. The standard InChI is InChI=1S/C12H17N2O2/c1-16-12(15)11-7-10(8-13-11)9-14-5-3-2-4-6-14/h7-9,13H,2-6H2,1H3. The van der Waals surface area contributed by atoms with Crippen LogP contribution in [0.4, 0.5) is 0 Å². The van der Waals surface area contributed by atoms with Crippen LogP contribution in [-0.2, 0) is 4.74 Å². The van der Waals surface area contributed by atoms with Crippen LogP contribution in [0.15, 0.2) is 12.3 Å². The molecule has 1 N–H and O–H groups in total. The van der Waals surface area contributed by atoms with Gasteiger partial charge in [0.15, 0.2) is 0 Å². The minimum absolute atomic E-state index is 0.321. The summed E-state index contributed by atoms with van der Waals surface area (Å²) in [5.74, 6) is -0.321. The molecule has 2 rings (SSSR count). The van der Waals surface area contributed by atoms with E-state index in [-0.39, 0.29) is 5.97 Å². The van der Waals surface area contributed by atoms with Crippen LogP contribution in [0.5, 0.6) is 0 Å². The molecule has 4 nitrogen and oxygen atoms in total. The minimum atomic E-state index is -0.321. The molecule has 0 spiro atoms. The number of rotatable bonds is 3. The van der Waals surface area contributed by atoms with Crippen LogP contribution >= 0.6 is 0 Å². The number of carbonyl (C=O) groups excluding carboxylic acids is 1. The number of aromatic amines is 1. The van der Waals surface area contributed by atoms with E-state index in [2.05, 4.69) is 21.2 Å². The SMILES string of the molecule is COC(=O)c1cc([CH]N2CCCCC2)c[nH]1. The number of aromatic nitrogens is 1. The van der Waals surface area contributed by atoms with Gasteiger partial charge in [-0.1, -0.05) is 6.42 Å². The van der Waals surface area contributed by atoms with E-state index in [4.69, 9.17) is 0 Å². The minimum Gasteiger partial charge on any atom is -0.464 e. The fourth-order valence-corrected chi connectivity index (χ4v) is 1.97. The second-order valence-corrected chi connectivity index (χ2v) is 4.06. The summed E-state index contributed by atoms with van der Waals surface area (Å²) in [7, 11) is 1.39. The largest absolute Gasteiger partial charge is 0.464 e. The number of methoxy groups -OCH3 is 1. The van der Waals surface area contributed by atoms with E-state index in [9.17, 15) is 4.79 Å². The highest BCUT2D eigenvalue weighted by molar-refractivity contribution is 5.87. The Balaban J connectivity index is 1.94. The molecule has 87 valence electrons. The molecule has 0 aromatic carbocycles. The second-order valence-electron chi connectivity index (χ2n) is 4.06. The molecule has 0 unspecified atom stereocenters. The molecule has 1 saturated heterocycles. The number of nitrogens with zero attached hydrogens (tertiary/aromatic N) is 1. The molecule has 0 atom stereocenters.